The predicted molar refractivity (Wildman–Crippen MR) is 84.5 cm³/mol. The van der Waals surface area contributed by atoms with Gasteiger partial charge in [0.15, 0.2) is 5.82 Å². The van der Waals surface area contributed by atoms with Crippen molar-refractivity contribution < 1.29 is 0 Å². The molecule has 1 aliphatic heterocycles. The highest BCUT2D eigenvalue weighted by molar-refractivity contribution is 5.38. The smallest absolute Gasteiger partial charge is 0.293 e. The molecule has 3 rings (SSSR count). The summed E-state index contributed by atoms with van der Waals surface area (Å²) >= 11 is 0. The fourth-order valence-corrected chi connectivity index (χ4v) is 3.84. The number of aromatic nitrogens is 2. The van der Waals surface area contributed by atoms with E-state index in [2.05, 4.69) is 9.88 Å². The van der Waals surface area contributed by atoms with Gasteiger partial charge in [-0.2, -0.15) is 0 Å². The fraction of sp³-hybridized carbons (Fsp3) is 0.750. The molecule has 2 fully saturated rings. The second-order valence-electron chi connectivity index (χ2n) is 7.52. The van der Waals surface area contributed by atoms with Gasteiger partial charge in [0.05, 0.1) is 0 Å². The Morgan fingerprint density at radius 1 is 1.29 bits per heavy atom. The quantitative estimate of drug-likeness (QED) is 0.852. The van der Waals surface area contributed by atoms with Gasteiger partial charge in [-0.15, -0.1) is 0 Å². The molecule has 5 nitrogen and oxygen atoms in total. The average molecular weight is 290 g/mol. The van der Waals surface area contributed by atoms with Crippen LogP contribution in [0.2, 0.25) is 0 Å². The van der Waals surface area contributed by atoms with Crippen LogP contribution in [0.1, 0.15) is 40.0 Å². The summed E-state index contributed by atoms with van der Waals surface area (Å²) in [5.74, 6) is 1.73. The van der Waals surface area contributed by atoms with E-state index in [1.165, 1.54) is 12.8 Å². The van der Waals surface area contributed by atoms with Crippen LogP contribution >= 0.6 is 0 Å². The van der Waals surface area contributed by atoms with Crippen molar-refractivity contribution in [3.63, 3.8) is 0 Å². The normalized spacial score (nSPS) is 29.5. The van der Waals surface area contributed by atoms with Crippen LogP contribution in [0.3, 0.4) is 0 Å². The van der Waals surface area contributed by atoms with Crippen molar-refractivity contribution in [2.75, 3.05) is 18.0 Å². The molecule has 5 heteroatoms. The van der Waals surface area contributed by atoms with E-state index < -0.39 is 0 Å². The van der Waals surface area contributed by atoms with Gasteiger partial charge in [-0.3, -0.25) is 4.79 Å². The molecule has 0 aromatic carbocycles. The highest BCUT2D eigenvalue weighted by Gasteiger charge is 2.40. The Kier molecular flexibility index (Phi) is 3.56. The molecule has 2 N–H and O–H groups in total. The highest BCUT2D eigenvalue weighted by atomic mass is 16.1. The molecule has 1 aromatic heterocycles. The van der Waals surface area contributed by atoms with E-state index in [9.17, 15) is 4.79 Å². The molecule has 0 amide bonds. The minimum absolute atomic E-state index is 0.0113. The van der Waals surface area contributed by atoms with Gasteiger partial charge in [-0.25, -0.2) is 4.98 Å². The summed E-state index contributed by atoms with van der Waals surface area (Å²) in [4.78, 5) is 19.2. The fourth-order valence-electron chi connectivity index (χ4n) is 3.84. The maximum absolute atomic E-state index is 12.7. The molecule has 0 bridgehead atoms. The first-order valence-corrected chi connectivity index (χ1v) is 7.96. The summed E-state index contributed by atoms with van der Waals surface area (Å²) in [6.07, 6.45) is 7.08. The summed E-state index contributed by atoms with van der Waals surface area (Å²) in [6.45, 7) is 7.92. The molecule has 1 saturated carbocycles. The van der Waals surface area contributed by atoms with Gasteiger partial charge in [-0.1, -0.05) is 6.42 Å². The monoisotopic (exact) mass is 290 g/mol. The van der Waals surface area contributed by atoms with Crippen molar-refractivity contribution in [1.82, 2.24) is 9.55 Å². The van der Waals surface area contributed by atoms with Crippen molar-refractivity contribution in [3.05, 3.63) is 22.7 Å². The maximum Gasteiger partial charge on any atom is 0.293 e. The third-order valence-electron chi connectivity index (χ3n) is 5.00. The zero-order chi connectivity index (χ0) is 15.2. The topological polar surface area (TPSA) is 64.2 Å². The first-order valence-electron chi connectivity index (χ1n) is 7.96. The second-order valence-corrected chi connectivity index (χ2v) is 7.52. The molecular formula is C16H26N4O. The third-order valence-corrected chi connectivity index (χ3v) is 5.00. The summed E-state index contributed by atoms with van der Waals surface area (Å²) < 4.78 is 1.78. The molecule has 0 spiro atoms. The lowest BCUT2D eigenvalue weighted by Crippen LogP contribution is -2.39. The molecule has 2 heterocycles. The van der Waals surface area contributed by atoms with Crippen LogP contribution in [0, 0.1) is 11.8 Å². The largest absolute Gasteiger partial charge is 0.351 e. The van der Waals surface area contributed by atoms with E-state index in [-0.39, 0.29) is 17.1 Å². The average Bonchev–Trinajstić information content (AvgIpc) is 2.83. The Balaban J connectivity index is 1.91. The second kappa shape index (κ2) is 5.13. The Labute approximate surface area is 126 Å². The number of rotatable bonds is 1. The van der Waals surface area contributed by atoms with Crippen LogP contribution in [0.25, 0.3) is 0 Å². The predicted octanol–water partition coefficient (Wildman–Crippen LogP) is 1.56. The standard InChI is InChI=1S/C16H26N4O/c1-16(2,3)20-8-7-18-14(15(20)21)19-9-11-5-4-6-13(17)12(11)10-19/h7-8,11-13H,4-6,9-10,17H2,1-3H3. The number of nitrogens with zero attached hydrogens (tertiary/aromatic N) is 3. The van der Waals surface area contributed by atoms with Crippen LogP contribution < -0.4 is 16.2 Å². The highest BCUT2D eigenvalue weighted by Crippen LogP contribution is 2.36. The number of nitrogens with two attached hydrogens (primary N) is 1. The maximum atomic E-state index is 12.7. The molecule has 116 valence electrons. The Morgan fingerprint density at radius 2 is 2.05 bits per heavy atom. The summed E-state index contributed by atoms with van der Waals surface area (Å²) in [5.41, 5.74) is 6.05. The summed E-state index contributed by atoms with van der Waals surface area (Å²) in [5, 5.41) is 0. The molecule has 0 radical (unpaired) electrons. The van der Waals surface area contributed by atoms with Crippen molar-refractivity contribution in [3.8, 4) is 0 Å². The van der Waals surface area contributed by atoms with E-state index in [1.54, 1.807) is 17.0 Å². The molecular weight excluding hydrogens is 264 g/mol. The third kappa shape index (κ3) is 2.59. The van der Waals surface area contributed by atoms with Crippen molar-refractivity contribution in [2.24, 2.45) is 17.6 Å². The number of fused-ring (bicyclic) bond motifs is 1. The van der Waals surface area contributed by atoms with Crippen LogP contribution in [0.4, 0.5) is 5.82 Å². The zero-order valence-corrected chi connectivity index (χ0v) is 13.2. The lowest BCUT2D eigenvalue weighted by Gasteiger charge is -2.29. The molecule has 3 unspecified atom stereocenters. The molecule has 2 aliphatic rings. The molecule has 1 aromatic rings. The van der Waals surface area contributed by atoms with E-state index in [1.807, 2.05) is 20.8 Å². The number of hydrogen-bond donors (Lipinski definition) is 1. The minimum atomic E-state index is -0.225. The van der Waals surface area contributed by atoms with Gasteiger partial charge in [0.2, 0.25) is 0 Å². The minimum Gasteiger partial charge on any atom is -0.351 e. The van der Waals surface area contributed by atoms with E-state index in [0.717, 1.165) is 19.5 Å². The molecule has 1 saturated heterocycles. The molecule has 3 atom stereocenters. The van der Waals surface area contributed by atoms with Gasteiger partial charge in [0.1, 0.15) is 0 Å². The first kappa shape index (κ1) is 14.6. The zero-order valence-electron chi connectivity index (χ0n) is 13.2. The van der Waals surface area contributed by atoms with E-state index in [0.29, 0.717) is 17.7 Å². The number of anilines is 1. The van der Waals surface area contributed by atoms with E-state index >= 15 is 0 Å². The van der Waals surface area contributed by atoms with Crippen molar-refractivity contribution >= 4 is 5.82 Å². The molecule has 1 aliphatic carbocycles. The summed E-state index contributed by atoms with van der Waals surface area (Å²) in [7, 11) is 0. The first-order chi connectivity index (χ1) is 9.88. The SMILES string of the molecule is CC(C)(C)n1ccnc(N2CC3CCCC(N)C3C2)c1=O. The Hall–Kier alpha value is -1.36. The van der Waals surface area contributed by atoms with Crippen LogP contribution in [-0.4, -0.2) is 28.7 Å². The van der Waals surface area contributed by atoms with Crippen molar-refractivity contribution in [1.29, 1.82) is 0 Å². The van der Waals surface area contributed by atoms with E-state index in [4.69, 9.17) is 5.73 Å². The number of hydrogen-bond acceptors (Lipinski definition) is 4. The van der Waals surface area contributed by atoms with Gasteiger partial charge < -0.3 is 15.2 Å². The van der Waals surface area contributed by atoms with Gasteiger partial charge in [-0.05, 0) is 45.4 Å². The van der Waals surface area contributed by atoms with Crippen LogP contribution in [0.15, 0.2) is 17.2 Å². The lowest BCUT2D eigenvalue weighted by atomic mass is 9.78. The van der Waals surface area contributed by atoms with Crippen LogP contribution in [-0.2, 0) is 5.54 Å². The Bertz CT molecular complexity index is 574. The van der Waals surface area contributed by atoms with Gasteiger partial charge in [0, 0.05) is 37.1 Å². The Morgan fingerprint density at radius 3 is 2.71 bits per heavy atom. The summed E-state index contributed by atoms with van der Waals surface area (Å²) in [6, 6.07) is 0.280. The van der Waals surface area contributed by atoms with Gasteiger partial charge >= 0.3 is 0 Å². The van der Waals surface area contributed by atoms with Crippen LogP contribution in [0.5, 0.6) is 0 Å². The van der Waals surface area contributed by atoms with Crippen molar-refractivity contribution in [2.45, 2.75) is 51.6 Å². The molecule has 21 heavy (non-hydrogen) atoms. The lowest BCUT2D eigenvalue weighted by molar-refractivity contribution is 0.260. The van der Waals surface area contributed by atoms with Gasteiger partial charge in [0.25, 0.3) is 5.56 Å².